The third kappa shape index (κ3) is 3.56. The van der Waals surface area contributed by atoms with Gasteiger partial charge >= 0.3 is 0 Å². The number of methoxy groups -OCH3 is 1. The summed E-state index contributed by atoms with van der Waals surface area (Å²) >= 11 is 0. The van der Waals surface area contributed by atoms with Crippen molar-refractivity contribution >= 4 is 10.0 Å². The van der Waals surface area contributed by atoms with Crippen LogP contribution < -0.4 is 9.46 Å². The van der Waals surface area contributed by atoms with Crippen molar-refractivity contribution in [3.05, 3.63) is 59.7 Å². The van der Waals surface area contributed by atoms with E-state index in [4.69, 9.17) is 4.74 Å². The van der Waals surface area contributed by atoms with E-state index in [0.717, 1.165) is 6.07 Å². The largest absolute Gasteiger partial charge is 0.494 e. The van der Waals surface area contributed by atoms with Crippen LogP contribution in [0.3, 0.4) is 0 Å². The Labute approximate surface area is 121 Å². The van der Waals surface area contributed by atoms with Gasteiger partial charge in [0.15, 0.2) is 11.6 Å². The fourth-order valence-corrected chi connectivity index (χ4v) is 2.73. The Morgan fingerprint density at radius 1 is 1.10 bits per heavy atom. The molecule has 0 unspecified atom stereocenters. The first-order chi connectivity index (χ1) is 9.94. The van der Waals surface area contributed by atoms with Gasteiger partial charge in [-0.1, -0.05) is 18.2 Å². The highest BCUT2D eigenvalue weighted by molar-refractivity contribution is 7.89. The standard InChI is InChI=1S/C14H13F2NO3S/c1-20-14-7-6-11(8-13(14)16)21(18,19)17-9-10-4-2-3-5-12(10)15/h2-8,17H,9H2,1H3. The second-order valence-electron chi connectivity index (χ2n) is 4.21. The lowest BCUT2D eigenvalue weighted by Gasteiger charge is -2.09. The van der Waals surface area contributed by atoms with Gasteiger partial charge in [-0.25, -0.2) is 21.9 Å². The monoisotopic (exact) mass is 313 g/mol. The molecule has 0 aliphatic carbocycles. The highest BCUT2D eigenvalue weighted by Gasteiger charge is 2.17. The highest BCUT2D eigenvalue weighted by Crippen LogP contribution is 2.20. The molecule has 21 heavy (non-hydrogen) atoms. The van der Waals surface area contributed by atoms with Crippen LogP contribution in [0.4, 0.5) is 8.78 Å². The number of nitrogens with one attached hydrogen (secondary N) is 1. The van der Waals surface area contributed by atoms with Crippen molar-refractivity contribution in [1.82, 2.24) is 4.72 Å². The molecule has 0 radical (unpaired) electrons. The minimum atomic E-state index is -3.93. The molecule has 0 bridgehead atoms. The molecule has 0 saturated heterocycles. The molecule has 7 heteroatoms. The lowest BCUT2D eigenvalue weighted by atomic mass is 10.2. The van der Waals surface area contributed by atoms with Gasteiger partial charge in [0.25, 0.3) is 0 Å². The summed E-state index contributed by atoms with van der Waals surface area (Å²) < 4.78 is 57.9. The van der Waals surface area contributed by atoms with Crippen molar-refractivity contribution < 1.29 is 21.9 Å². The maximum Gasteiger partial charge on any atom is 0.240 e. The molecule has 0 heterocycles. The number of benzene rings is 2. The third-order valence-corrected chi connectivity index (χ3v) is 4.24. The molecule has 0 amide bonds. The van der Waals surface area contributed by atoms with Crippen LogP contribution in [0.5, 0.6) is 5.75 Å². The zero-order valence-electron chi connectivity index (χ0n) is 11.1. The third-order valence-electron chi connectivity index (χ3n) is 2.84. The molecule has 2 rings (SSSR count). The zero-order chi connectivity index (χ0) is 15.5. The Balaban J connectivity index is 2.19. The maximum absolute atomic E-state index is 13.5. The Morgan fingerprint density at radius 3 is 2.43 bits per heavy atom. The van der Waals surface area contributed by atoms with E-state index in [0.29, 0.717) is 0 Å². The van der Waals surface area contributed by atoms with Gasteiger partial charge in [-0.3, -0.25) is 0 Å². The first kappa shape index (κ1) is 15.4. The van der Waals surface area contributed by atoms with Gasteiger partial charge in [0.05, 0.1) is 12.0 Å². The number of sulfonamides is 1. The van der Waals surface area contributed by atoms with E-state index >= 15 is 0 Å². The normalized spacial score (nSPS) is 11.4. The Hall–Kier alpha value is -1.99. The minimum absolute atomic E-state index is 0.0527. The summed E-state index contributed by atoms with van der Waals surface area (Å²) in [4.78, 5) is -0.253. The summed E-state index contributed by atoms with van der Waals surface area (Å²) in [6.45, 7) is -0.220. The van der Waals surface area contributed by atoms with Crippen molar-refractivity contribution in [2.45, 2.75) is 11.4 Å². The Bertz CT molecular complexity index is 748. The average molecular weight is 313 g/mol. The number of rotatable bonds is 5. The lowest BCUT2D eigenvalue weighted by molar-refractivity contribution is 0.385. The first-order valence-corrected chi connectivity index (χ1v) is 7.49. The molecule has 0 aliphatic heterocycles. The molecular weight excluding hydrogens is 300 g/mol. The summed E-state index contributed by atoms with van der Waals surface area (Å²) in [7, 11) is -2.65. The average Bonchev–Trinajstić information content (AvgIpc) is 2.46. The van der Waals surface area contributed by atoms with Crippen LogP contribution in [-0.4, -0.2) is 15.5 Å². The lowest BCUT2D eigenvalue weighted by Crippen LogP contribution is -2.23. The predicted octanol–water partition coefficient (Wildman–Crippen LogP) is 2.45. The summed E-state index contributed by atoms with van der Waals surface area (Å²) in [6.07, 6.45) is 0. The molecule has 4 nitrogen and oxygen atoms in total. The molecule has 112 valence electrons. The molecule has 0 fully saturated rings. The van der Waals surface area contributed by atoms with Crippen molar-refractivity contribution in [3.63, 3.8) is 0 Å². The zero-order valence-corrected chi connectivity index (χ0v) is 12.0. The van der Waals surface area contributed by atoms with Gasteiger partial charge in [-0.2, -0.15) is 0 Å². The van der Waals surface area contributed by atoms with E-state index in [1.165, 1.54) is 37.4 Å². The van der Waals surface area contributed by atoms with Gasteiger partial charge in [0.1, 0.15) is 5.82 Å². The second-order valence-corrected chi connectivity index (χ2v) is 5.98. The molecule has 2 aromatic rings. The number of hydrogen-bond donors (Lipinski definition) is 1. The predicted molar refractivity (Wildman–Crippen MR) is 73.4 cm³/mol. The Morgan fingerprint density at radius 2 is 1.81 bits per heavy atom. The maximum atomic E-state index is 13.5. The summed E-state index contributed by atoms with van der Waals surface area (Å²) in [5.41, 5.74) is 0.204. The van der Waals surface area contributed by atoms with Crippen LogP contribution >= 0.6 is 0 Å². The fourth-order valence-electron chi connectivity index (χ4n) is 1.71. The Kier molecular flexibility index (Phi) is 4.54. The van der Waals surface area contributed by atoms with Gasteiger partial charge in [-0.05, 0) is 24.3 Å². The van der Waals surface area contributed by atoms with Crippen molar-refractivity contribution in [3.8, 4) is 5.75 Å². The quantitative estimate of drug-likeness (QED) is 0.922. The SMILES string of the molecule is COc1ccc(S(=O)(=O)NCc2ccccc2F)cc1F. The molecule has 0 aromatic heterocycles. The first-order valence-electron chi connectivity index (χ1n) is 6.00. The highest BCUT2D eigenvalue weighted by atomic mass is 32.2. The molecule has 1 N–H and O–H groups in total. The van der Waals surface area contributed by atoms with Crippen molar-refractivity contribution in [2.24, 2.45) is 0 Å². The van der Waals surface area contributed by atoms with Gasteiger partial charge in [0.2, 0.25) is 10.0 Å². The molecular formula is C14H13F2NO3S. The van der Waals surface area contributed by atoms with Crippen LogP contribution in [0.1, 0.15) is 5.56 Å². The minimum Gasteiger partial charge on any atom is -0.494 e. The van der Waals surface area contributed by atoms with Gasteiger partial charge in [-0.15, -0.1) is 0 Å². The smallest absolute Gasteiger partial charge is 0.240 e. The van der Waals surface area contributed by atoms with E-state index in [-0.39, 0.29) is 22.8 Å². The summed E-state index contributed by atoms with van der Waals surface area (Å²) in [5.74, 6) is -1.35. The topological polar surface area (TPSA) is 55.4 Å². The van der Waals surface area contributed by atoms with Crippen molar-refractivity contribution in [2.75, 3.05) is 7.11 Å². The number of halogens is 2. The number of hydrogen-bond acceptors (Lipinski definition) is 3. The molecule has 0 atom stereocenters. The van der Waals surface area contributed by atoms with Gasteiger partial charge < -0.3 is 4.74 Å². The molecule has 0 saturated carbocycles. The molecule has 0 spiro atoms. The second kappa shape index (κ2) is 6.19. The van der Waals surface area contributed by atoms with E-state index in [1.807, 2.05) is 0 Å². The number of ether oxygens (including phenoxy) is 1. The van der Waals surface area contributed by atoms with Crippen LogP contribution in [0, 0.1) is 11.6 Å². The van der Waals surface area contributed by atoms with Crippen LogP contribution in [-0.2, 0) is 16.6 Å². The van der Waals surface area contributed by atoms with E-state index in [2.05, 4.69) is 4.72 Å². The van der Waals surface area contributed by atoms with Crippen molar-refractivity contribution in [1.29, 1.82) is 0 Å². The molecule has 2 aromatic carbocycles. The van der Waals surface area contributed by atoms with Crippen LogP contribution in [0.15, 0.2) is 47.4 Å². The van der Waals surface area contributed by atoms with E-state index in [1.54, 1.807) is 6.07 Å². The van der Waals surface area contributed by atoms with E-state index < -0.39 is 21.7 Å². The molecule has 0 aliphatic rings. The van der Waals surface area contributed by atoms with Crippen LogP contribution in [0.25, 0.3) is 0 Å². The fraction of sp³-hybridized carbons (Fsp3) is 0.143. The van der Waals surface area contributed by atoms with E-state index in [9.17, 15) is 17.2 Å². The van der Waals surface area contributed by atoms with Crippen LogP contribution in [0.2, 0.25) is 0 Å². The summed E-state index contributed by atoms with van der Waals surface area (Å²) in [6, 6.07) is 9.08. The van der Waals surface area contributed by atoms with Gasteiger partial charge in [0, 0.05) is 12.1 Å². The summed E-state index contributed by atoms with van der Waals surface area (Å²) in [5, 5.41) is 0.